The van der Waals surface area contributed by atoms with Crippen LogP contribution in [0.5, 0.6) is 0 Å². The number of nitrogens with zero attached hydrogens (tertiary/aromatic N) is 3. The van der Waals surface area contributed by atoms with Crippen molar-refractivity contribution < 1.29 is 8.78 Å². The molecule has 20 heavy (non-hydrogen) atoms. The maximum absolute atomic E-state index is 13.9. The van der Waals surface area contributed by atoms with Gasteiger partial charge in [0.2, 0.25) is 0 Å². The molecule has 0 saturated carbocycles. The number of nitrogen functional groups attached to an aromatic ring is 1. The minimum absolute atomic E-state index is 0.0120. The van der Waals surface area contributed by atoms with Crippen molar-refractivity contribution in [2.45, 2.75) is 0 Å². The van der Waals surface area contributed by atoms with Crippen molar-refractivity contribution in [2.24, 2.45) is 0 Å². The fraction of sp³-hybridized carbons (Fsp3) is 0.308. The van der Waals surface area contributed by atoms with E-state index in [1.54, 1.807) is 22.4 Å². The van der Waals surface area contributed by atoms with Crippen LogP contribution in [-0.2, 0) is 0 Å². The molecule has 0 spiro atoms. The Bertz CT molecular complexity index is 571. The van der Waals surface area contributed by atoms with Gasteiger partial charge < -0.3 is 15.5 Å². The van der Waals surface area contributed by atoms with Crippen molar-refractivity contribution in [1.29, 1.82) is 0 Å². The zero-order chi connectivity index (χ0) is 14.1. The highest BCUT2D eigenvalue weighted by Crippen LogP contribution is 2.28. The summed E-state index contributed by atoms with van der Waals surface area (Å²) in [5.41, 5.74) is 5.54. The lowest BCUT2D eigenvalue weighted by molar-refractivity contribution is 0.557. The largest absolute Gasteiger partial charge is 0.399 e. The molecule has 1 aliphatic heterocycles. The maximum atomic E-state index is 13.9. The van der Waals surface area contributed by atoms with Crippen molar-refractivity contribution in [1.82, 2.24) is 4.98 Å². The van der Waals surface area contributed by atoms with Gasteiger partial charge in [0.15, 0.2) is 16.8 Å². The molecular weight excluding hydrogens is 282 g/mol. The van der Waals surface area contributed by atoms with Gasteiger partial charge in [0.1, 0.15) is 5.69 Å². The Kier molecular flexibility index (Phi) is 3.43. The number of benzene rings is 1. The van der Waals surface area contributed by atoms with E-state index in [4.69, 9.17) is 5.73 Å². The molecule has 1 aromatic heterocycles. The van der Waals surface area contributed by atoms with Crippen LogP contribution in [0.25, 0.3) is 0 Å². The third-order valence-electron chi connectivity index (χ3n) is 3.32. The van der Waals surface area contributed by atoms with Gasteiger partial charge in [0.25, 0.3) is 0 Å². The highest BCUT2D eigenvalue weighted by atomic mass is 32.1. The second kappa shape index (κ2) is 5.24. The standard InChI is InChI=1S/C13H14F2N4S/c14-10-7-9(16)8-11(15)12(10)18-2-4-19(5-3-18)13-17-1-6-20-13/h1,6-8H,2-5,16H2. The van der Waals surface area contributed by atoms with Gasteiger partial charge in [-0.25, -0.2) is 13.8 Å². The Hall–Kier alpha value is -1.89. The van der Waals surface area contributed by atoms with E-state index in [0.717, 1.165) is 17.3 Å². The van der Waals surface area contributed by atoms with Gasteiger partial charge in [-0.15, -0.1) is 11.3 Å². The molecule has 0 amide bonds. The normalized spacial score (nSPS) is 15.7. The molecule has 7 heteroatoms. The summed E-state index contributed by atoms with van der Waals surface area (Å²) in [4.78, 5) is 8.08. The summed E-state index contributed by atoms with van der Waals surface area (Å²) >= 11 is 1.57. The first-order valence-electron chi connectivity index (χ1n) is 6.29. The van der Waals surface area contributed by atoms with Crippen molar-refractivity contribution in [3.63, 3.8) is 0 Å². The molecule has 2 heterocycles. The second-order valence-corrected chi connectivity index (χ2v) is 5.49. The second-order valence-electron chi connectivity index (χ2n) is 4.62. The first-order valence-corrected chi connectivity index (χ1v) is 7.17. The summed E-state index contributed by atoms with van der Waals surface area (Å²) in [6.45, 7) is 2.49. The van der Waals surface area contributed by atoms with Crippen LogP contribution in [0.2, 0.25) is 0 Å². The SMILES string of the molecule is Nc1cc(F)c(N2CCN(c3nccs3)CC2)c(F)c1. The zero-order valence-corrected chi connectivity index (χ0v) is 11.5. The number of hydrogen-bond acceptors (Lipinski definition) is 5. The van der Waals surface area contributed by atoms with Crippen LogP contribution in [0, 0.1) is 11.6 Å². The van der Waals surface area contributed by atoms with Crippen molar-refractivity contribution in [2.75, 3.05) is 41.7 Å². The summed E-state index contributed by atoms with van der Waals surface area (Å²) < 4.78 is 27.8. The fourth-order valence-corrected chi connectivity index (χ4v) is 3.08. The molecule has 0 bridgehead atoms. The van der Waals surface area contributed by atoms with E-state index in [-0.39, 0.29) is 11.4 Å². The fourth-order valence-electron chi connectivity index (χ4n) is 2.38. The van der Waals surface area contributed by atoms with Crippen molar-refractivity contribution >= 4 is 27.8 Å². The van der Waals surface area contributed by atoms with E-state index in [0.29, 0.717) is 26.2 Å². The molecule has 3 rings (SSSR count). The van der Waals surface area contributed by atoms with Gasteiger partial charge in [-0.2, -0.15) is 0 Å². The van der Waals surface area contributed by atoms with E-state index in [2.05, 4.69) is 9.88 Å². The number of thiazole rings is 1. The molecule has 0 radical (unpaired) electrons. The number of anilines is 3. The van der Waals surface area contributed by atoms with Crippen molar-refractivity contribution in [3.8, 4) is 0 Å². The average Bonchev–Trinajstić information content (AvgIpc) is 2.92. The van der Waals surface area contributed by atoms with Crippen LogP contribution in [0.15, 0.2) is 23.7 Å². The molecular formula is C13H14F2N4S. The van der Waals surface area contributed by atoms with E-state index in [9.17, 15) is 8.78 Å². The lowest BCUT2D eigenvalue weighted by atomic mass is 10.2. The Morgan fingerprint density at radius 1 is 1.05 bits per heavy atom. The van der Waals surface area contributed by atoms with E-state index in [1.165, 1.54) is 0 Å². The molecule has 1 fully saturated rings. The van der Waals surface area contributed by atoms with Crippen LogP contribution < -0.4 is 15.5 Å². The molecule has 106 valence electrons. The zero-order valence-electron chi connectivity index (χ0n) is 10.7. The summed E-state index contributed by atoms with van der Waals surface area (Å²) in [5.74, 6) is -1.21. The lowest BCUT2D eigenvalue weighted by Gasteiger charge is -2.36. The summed E-state index contributed by atoms with van der Waals surface area (Å²) in [7, 11) is 0. The number of halogens is 2. The smallest absolute Gasteiger partial charge is 0.185 e. The van der Waals surface area contributed by atoms with Crippen LogP contribution in [-0.4, -0.2) is 31.2 Å². The van der Waals surface area contributed by atoms with Gasteiger partial charge in [-0.1, -0.05) is 0 Å². The van der Waals surface area contributed by atoms with Gasteiger partial charge >= 0.3 is 0 Å². The summed E-state index contributed by atoms with van der Waals surface area (Å²) in [6, 6.07) is 2.32. The van der Waals surface area contributed by atoms with Gasteiger partial charge in [0.05, 0.1) is 0 Å². The number of aromatic nitrogens is 1. The molecule has 0 atom stereocenters. The Morgan fingerprint density at radius 2 is 1.65 bits per heavy atom. The number of nitrogens with two attached hydrogens (primary N) is 1. The van der Waals surface area contributed by atoms with Crippen LogP contribution in [0.1, 0.15) is 0 Å². The predicted octanol–water partition coefficient (Wildman–Crippen LogP) is 2.33. The summed E-state index contributed by atoms with van der Waals surface area (Å²) in [5, 5.41) is 2.86. The Labute approximate surface area is 119 Å². The quantitative estimate of drug-likeness (QED) is 0.864. The van der Waals surface area contributed by atoms with E-state index < -0.39 is 11.6 Å². The minimum Gasteiger partial charge on any atom is -0.399 e. The first kappa shape index (κ1) is 13.1. The topological polar surface area (TPSA) is 45.4 Å². The van der Waals surface area contributed by atoms with Gasteiger partial charge in [0, 0.05) is 43.4 Å². The molecule has 0 aliphatic carbocycles. The average molecular weight is 296 g/mol. The van der Waals surface area contributed by atoms with Crippen molar-refractivity contribution in [3.05, 3.63) is 35.3 Å². The lowest BCUT2D eigenvalue weighted by Crippen LogP contribution is -2.47. The van der Waals surface area contributed by atoms with E-state index in [1.807, 2.05) is 5.38 Å². The third kappa shape index (κ3) is 2.40. The number of piperazine rings is 1. The predicted molar refractivity (Wildman–Crippen MR) is 77.3 cm³/mol. The Morgan fingerprint density at radius 3 is 2.20 bits per heavy atom. The monoisotopic (exact) mass is 296 g/mol. The molecule has 1 aliphatic rings. The molecule has 2 aromatic rings. The van der Waals surface area contributed by atoms with E-state index >= 15 is 0 Å². The maximum Gasteiger partial charge on any atom is 0.185 e. The van der Waals surface area contributed by atoms with Crippen LogP contribution in [0.4, 0.5) is 25.3 Å². The highest BCUT2D eigenvalue weighted by molar-refractivity contribution is 7.13. The van der Waals surface area contributed by atoms with Gasteiger partial charge in [-0.05, 0) is 12.1 Å². The molecule has 1 saturated heterocycles. The first-order chi connectivity index (χ1) is 9.65. The molecule has 0 unspecified atom stereocenters. The molecule has 2 N–H and O–H groups in total. The third-order valence-corrected chi connectivity index (χ3v) is 4.16. The minimum atomic E-state index is -0.606. The summed E-state index contributed by atoms with van der Waals surface area (Å²) in [6.07, 6.45) is 1.76. The number of hydrogen-bond donors (Lipinski definition) is 1. The van der Waals surface area contributed by atoms with Crippen LogP contribution >= 0.6 is 11.3 Å². The highest BCUT2D eigenvalue weighted by Gasteiger charge is 2.23. The molecule has 4 nitrogen and oxygen atoms in total. The van der Waals surface area contributed by atoms with Gasteiger partial charge in [-0.3, -0.25) is 0 Å². The van der Waals surface area contributed by atoms with Crippen LogP contribution in [0.3, 0.4) is 0 Å². The number of rotatable bonds is 2. The molecule has 1 aromatic carbocycles. The Balaban J connectivity index is 1.75.